The van der Waals surface area contributed by atoms with E-state index in [1.54, 1.807) is 0 Å². The van der Waals surface area contributed by atoms with Crippen molar-refractivity contribution < 1.29 is 74.1 Å². The van der Waals surface area contributed by atoms with Gasteiger partial charge < -0.3 is 74.6 Å². The van der Waals surface area contributed by atoms with Crippen molar-refractivity contribution in [1.29, 1.82) is 0 Å². The molecule has 0 aromatic heterocycles. The number of carbonyl (C=O) groups is 1. The molecule has 3 saturated heterocycles. The molecule has 44 heavy (non-hydrogen) atoms. The van der Waals surface area contributed by atoms with Crippen LogP contribution in [-0.2, 0) is 33.2 Å². The first-order valence-electron chi connectivity index (χ1n) is 15.4. The topological polar surface area (TPSA) is 246 Å². The Morgan fingerprint density at radius 1 is 0.795 bits per heavy atom. The third-order valence-electron chi connectivity index (χ3n) is 8.19. The Bertz CT molecular complexity index is 856. The molecule has 0 aromatic rings. The molecule has 3 heterocycles. The number of ether oxygens (including phenoxy) is 6. The van der Waals surface area contributed by atoms with Gasteiger partial charge in [-0.2, -0.15) is 0 Å². The molecule has 0 aliphatic carbocycles. The minimum Gasteiger partial charge on any atom is -0.394 e. The predicted molar refractivity (Wildman–Crippen MR) is 149 cm³/mol. The van der Waals surface area contributed by atoms with Crippen LogP contribution in [0.2, 0.25) is 0 Å². The van der Waals surface area contributed by atoms with Crippen molar-refractivity contribution in [2.45, 2.75) is 151 Å². The molecule has 3 aliphatic heterocycles. The van der Waals surface area contributed by atoms with Crippen molar-refractivity contribution in [2.75, 3.05) is 19.8 Å². The van der Waals surface area contributed by atoms with Crippen LogP contribution < -0.4 is 5.32 Å². The molecule has 0 radical (unpaired) electrons. The minimum absolute atomic E-state index is 0.283. The number of nitrogens with one attached hydrogen (secondary N) is 1. The predicted octanol–water partition coefficient (Wildman–Crippen LogP) is -3.02. The molecule has 0 spiro atoms. The third-order valence-corrected chi connectivity index (χ3v) is 8.19. The molecular weight excluding hydrogens is 590 g/mol. The molecule has 15 atom stereocenters. The van der Waals surface area contributed by atoms with Gasteiger partial charge in [-0.3, -0.25) is 4.79 Å². The molecule has 1 amide bonds. The van der Waals surface area contributed by atoms with E-state index < -0.39 is 111 Å². The number of amides is 1. The van der Waals surface area contributed by atoms with Gasteiger partial charge in [0.25, 0.3) is 0 Å². The van der Waals surface area contributed by atoms with Crippen molar-refractivity contribution in [1.82, 2.24) is 5.32 Å². The zero-order chi connectivity index (χ0) is 32.6. The number of aliphatic hydroxyl groups is 8. The highest BCUT2D eigenvalue weighted by Gasteiger charge is 2.54. The number of carbonyl (C=O) groups excluding carboxylic acids is 1. The Labute approximate surface area is 256 Å². The lowest BCUT2D eigenvalue weighted by atomic mass is 9.95. The van der Waals surface area contributed by atoms with Crippen molar-refractivity contribution in [3.8, 4) is 0 Å². The van der Waals surface area contributed by atoms with E-state index in [1.165, 1.54) is 13.8 Å². The summed E-state index contributed by atoms with van der Waals surface area (Å²) >= 11 is 0. The second-order valence-electron chi connectivity index (χ2n) is 11.7. The fourth-order valence-corrected chi connectivity index (χ4v) is 5.66. The highest BCUT2D eigenvalue weighted by molar-refractivity contribution is 5.73. The number of hydrogen-bond donors (Lipinski definition) is 9. The van der Waals surface area contributed by atoms with Gasteiger partial charge in [-0.1, -0.05) is 39.0 Å². The second kappa shape index (κ2) is 17.7. The molecule has 16 nitrogen and oxygen atoms in total. The van der Waals surface area contributed by atoms with Crippen LogP contribution >= 0.6 is 0 Å². The lowest BCUT2D eigenvalue weighted by Crippen LogP contribution is -2.68. The van der Waals surface area contributed by atoms with Crippen molar-refractivity contribution >= 4 is 5.91 Å². The molecule has 3 aliphatic rings. The highest BCUT2D eigenvalue weighted by atomic mass is 16.8. The van der Waals surface area contributed by atoms with Crippen LogP contribution in [0.4, 0.5) is 0 Å². The van der Waals surface area contributed by atoms with E-state index in [-0.39, 0.29) is 6.61 Å². The summed E-state index contributed by atoms with van der Waals surface area (Å²) in [6, 6.07) is -1.08. The lowest BCUT2D eigenvalue weighted by molar-refractivity contribution is -0.353. The Kier molecular flexibility index (Phi) is 15.1. The van der Waals surface area contributed by atoms with Gasteiger partial charge >= 0.3 is 0 Å². The lowest BCUT2D eigenvalue weighted by Gasteiger charge is -2.48. The number of hydrogen-bond acceptors (Lipinski definition) is 15. The van der Waals surface area contributed by atoms with Crippen molar-refractivity contribution in [3.05, 3.63) is 0 Å². The number of unbranched alkanes of at least 4 members (excludes halogenated alkanes) is 5. The maximum absolute atomic E-state index is 12.1. The van der Waals surface area contributed by atoms with Crippen molar-refractivity contribution in [3.63, 3.8) is 0 Å². The van der Waals surface area contributed by atoms with Gasteiger partial charge in [0.2, 0.25) is 5.91 Å². The van der Waals surface area contributed by atoms with Gasteiger partial charge in [0.15, 0.2) is 18.9 Å². The van der Waals surface area contributed by atoms with Gasteiger partial charge in [0.05, 0.1) is 19.3 Å². The largest absolute Gasteiger partial charge is 0.394 e. The molecule has 0 aromatic carbocycles. The van der Waals surface area contributed by atoms with E-state index in [9.17, 15) is 45.6 Å². The number of aliphatic hydroxyl groups excluding tert-OH is 8. The van der Waals surface area contributed by atoms with E-state index in [0.717, 1.165) is 38.5 Å². The summed E-state index contributed by atoms with van der Waals surface area (Å²) in [4.78, 5) is 12.1. The Balaban J connectivity index is 1.68. The summed E-state index contributed by atoms with van der Waals surface area (Å²) < 4.78 is 34.4. The molecule has 0 bridgehead atoms. The molecule has 0 unspecified atom stereocenters. The maximum atomic E-state index is 12.1. The van der Waals surface area contributed by atoms with Crippen LogP contribution in [0.25, 0.3) is 0 Å². The van der Waals surface area contributed by atoms with E-state index >= 15 is 0 Å². The van der Waals surface area contributed by atoms with Gasteiger partial charge in [-0.15, -0.1) is 0 Å². The van der Waals surface area contributed by atoms with Gasteiger partial charge in [0, 0.05) is 13.5 Å². The SMILES string of the molecule is CCCCCCCCO[C@H]1O[C@H](CO)[C@@H](O)[C@H](O[C@@H]2O[C@@H](C)[C@H](O[C@@H]3O[C@@H]([C@H](O)CO)[C@H](O)[C@H]3O)[C@@H](O)[C@H]2O)[C@H]1NC(C)=O. The van der Waals surface area contributed by atoms with Gasteiger partial charge in [0.1, 0.15) is 67.1 Å². The summed E-state index contributed by atoms with van der Waals surface area (Å²) in [6.07, 6.45) is -14.0. The first-order valence-corrected chi connectivity index (χ1v) is 15.4. The quantitative estimate of drug-likeness (QED) is 0.0762. The highest BCUT2D eigenvalue weighted by Crippen LogP contribution is 2.33. The van der Waals surface area contributed by atoms with Crippen LogP contribution in [0, 0.1) is 0 Å². The van der Waals surface area contributed by atoms with E-state index in [2.05, 4.69) is 12.2 Å². The van der Waals surface area contributed by atoms with Crippen LogP contribution in [0.15, 0.2) is 0 Å². The van der Waals surface area contributed by atoms with Gasteiger partial charge in [-0.05, 0) is 13.3 Å². The first-order chi connectivity index (χ1) is 20.9. The average molecular weight is 642 g/mol. The standard InChI is InChI=1S/C28H51NO15/c1-4-5-6-7-8-9-10-39-26-17(29-14(3)32)25(18(34)16(12-31)41-26)44-27-21(37)19(35)23(13(2)40-27)42-28-22(38)20(36)24(43-28)15(33)11-30/h13,15-28,30-31,33-38H,4-12H2,1-3H3,(H,29,32)/t13-,15+,16+,17+,18+,19-,20+,21+,22+,23-,24-,25+,26-,27-,28+/m0/s1. The van der Waals surface area contributed by atoms with Crippen LogP contribution in [0.1, 0.15) is 59.3 Å². The summed E-state index contributed by atoms with van der Waals surface area (Å²) in [5, 5.41) is 84.9. The van der Waals surface area contributed by atoms with Crippen molar-refractivity contribution in [2.24, 2.45) is 0 Å². The summed E-state index contributed by atoms with van der Waals surface area (Å²) in [6.45, 7) is 3.80. The zero-order valence-corrected chi connectivity index (χ0v) is 25.5. The Morgan fingerprint density at radius 3 is 2.05 bits per heavy atom. The maximum Gasteiger partial charge on any atom is 0.217 e. The molecule has 9 N–H and O–H groups in total. The second-order valence-corrected chi connectivity index (χ2v) is 11.7. The summed E-state index contributed by atoms with van der Waals surface area (Å²) in [7, 11) is 0. The molecule has 3 rings (SSSR count). The van der Waals surface area contributed by atoms with E-state index in [0.29, 0.717) is 0 Å². The summed E-state index contributed by atoms with van der Waals surface area (Å²) in [5.74, 6) is -0.482. The number of rotatable bonds is 16. The average Bonchev–Trinajstić information content (AvgIpc) is 3.27. The van der Waals surface area contributed by atoms with E-state index in [4.69, 9.17) is 28.4 Å². The fourth-order valence-electron chi connectivity index (χ4n) is 5.66. The Hall–Kier alpha value is -1.09. The first kappa shape index (κ1) is 37.4. The molecule has 0 saturated carbocycles. The Morgan fingerprint density at radius 2 is 1.41 bits per heavy atom. The molecule has 258 valence electrons. The molecular formula is C28H51NO15. The smallest absolute Gasteiger partial charge is 0.217 e. The monoisotopic (exact) mass is 641 g/mol. The minimum atomic E-state index is -1.78. The fraction of sp³-hybridized carbons (Fsp3) is 0.964. The third kappa shape index (κ3) is 9.25. The van der Waals surface area contributed by atoms with Gasteiger partial charge in [-0.25, -0.2) is 0 Å². The summed E-state index contributed by atoms with van der Waals surface area (Å²) in [5.41, 5.74) is 0. The zero-order valence-electron chi connectivity index (χ0n) is 25.5. The van der Waals surface area contributed by atoms with Crippen LogP contribution in [0.5, 0.6) is 0 Å². The molecule has 3 fully saturated rings. The van der Waals surface area contributed by atoms with E-state index in [1.807, 2.05) is 0 Å². The normalized spacial score (nSPS) is 41.9. The molecule has 16 heteroatoms. The van der Waals surface area contributed by atoms with Crippen LogP contribution in [-0.4, -0.2) is 159 Å². The van der Waals surface area contributed by atoms with Crippen LogP contribution in [0.3, 0.4) is 0 Å².